The molecule has 1 heterocycles. The number of thioether (sulfide) groups is 1. The Bertz CT molecular complexity index is 354. The standard InChI is InChI=1S/C7H11N3O4S/c1-9-4-8-6(10(13)14)7(9)15-3-5(12)2-11/h4-5,11-12H,2-3H2,1H3/t5-/m1/s1. The van der Waals surface area contributed by atoms with Crippen LogP contribution in [0.1, 0.15) is 0 Å². The summed E-state index contributed by atoms with van der Waals surface area (Å²) in [6.45, 7) is -0.362. The molecule has 1 aromatic rings. The summed E-state index contributed by atoms with van der Waals surface area (Å²) in [5.41, 5.74) is 0. The van der Waals surface area contributed by atoms with Gasteiger partial charge >= 0.3 is 5.82 Å². The molecular weight excluding hydrogens is 222 g/mol. The van der Waals surface area contributed by atoms with Crippen molar-refractivity contribution in [2.45, 2.75) is 11.1 Å². The molecule has 15 heavy (non-hydrogen) atoms. The molecule has 0 bridgehead atoms. The SMILES string of the molecule is Cn1cnc([N+](=O)[O-])c1SC[C@H](O)CO. The Morgan fingerprint density at radius 2 is 2.47 bits per heavy atom. The van der Waals surface area contributed by atoms with Crippen LogP contribution >= 0.6 is 11.8 Å². The largest absolute Gasteiger partial charge is 0.395 e. The Balaban J connectivity index is 2.75. The average molecular weight is 233 g/mol. The lowest BCUT2D eigenvalue weighted by atomic mass is 10.4. The Kier molecular flexibility index (Phi) is 4.06. The topological polar surface area (TPSA) is 101 Å². The number of aryl methyl sites for hydroxylation is 1. The van der Waals surface area contributed by atoms with Crippen LogP contribution in [-0.2, 0) is 7.05 Å². The molecule has 2 N–H and O–H groups in total. The molecule has 0 aliphatic heterocycles. The molecule has 8 heteroatoms. The highest BCUT2D eigenvalue weighted by Gasteiger charge is 2.21. The van der Waals surface area contributed by atoms with Crippen LogP contribution in [0.15, 0.2) is 11.4 Å². The van der Waals surface area contributed by atoms with E-state index in [4.69, 9.17) is 10.2 Å². The summed E-state index contributed by atoms with van der Waals surface area (Å²) in [5.74, 6) is -0.0377. The van der Waals surface area contributed by atoms with E-state index in [0.717, 1.165) is 11.8 Å². The molecule has 0 fully saturated rings. The smallest absolute Gasteiger partial charge is 0.394 e. The van der Waals surface area contributed by atoms with Gasteiger partial charge in [-0.1, -0.05) is 11.8 Å². The number of aliphatic hydroxyl groups is 2. The number of aliphatic hydroxyl groups excluding tert-OH is 2. The van der Waals surface area contributed by atoms with Gasteiger partial charge in [0.05, 0.1) is 12.7 Å². The summed E-state index contributed by atoms with van der Waals surface area (Å²) >= 11 is 1.09. The van der Waals surface area contributed by atoms with E-state index in [2.05, 4.69) is 4.98 Å². The first-order chi connectivity index (χ1) is 7.06. The summed E-state index contributed by atoms with van der Waals surface area (Å²) in [5, 5.41) is 28.6. The van der Waals surface area contributed by atoms with Gasteiger partial charge in [-0.3, -0.25) is 0 Å². The van der Waals surface area contributed by atoms with Crippen molar-refractivity contribution in [3.63, 3.8) is 0 Å². The fraction of sp³-hybridized carbons (Fsp3) is 0.571. The molecule has 0 spiro atoms. The van der Waals surface area contributed by atoms with E-state index in [1.54, 1.807) is 7.05 Å². The van der Waals surface area contributed by atoms with Gasteiger partial charge in [-0.05, 0) is 9.91 Å². The van der Waals surface area contributed by atoms with Gasteiger partial charge in [-0.15, -0.1) is 0 Å². The van der Waals surface area contributed by atoms with E-state index in [1.165, 1.54) is 10.9 Å². The van der Waals surface area contributed by atoms with Crippen LogP contribution in [0.5, 0.6) is 0 Å². The van der Waals surface area contributed by atoms with E-state index >= 15 is 0 Å². The Morgan fingerprint density at radius 1 is 1.80 bits per heavy atom. The van der Waals surface area contributed by atoms with E-state index in [0.29, 0.717) is 5.03 Å². The van der Waals surface area contributed by atoms with Crippen LogP contribution in [0.3, 0.4) is 0 Å². The van der Waals surface area contributed by atoms with Gasteiger partial charge in [0.25, 0.3) is 0 Å². The van der Waals surface area contributed by atoms with Gasteiger partial charge < -0.3 is 24.9 Å². The summed E-state index contributed by atoms with van der Waals surface area (Å²) in [7, 11) is 1.63. The Labute approximate surface area is 89.9 Å². The number of hydrogen-bond acceptors (Lipinski definition) is 6. The van der Waals surface area contributed by atoms with Crippen molar-refractivity contribution in [1.82, 2.24) is 9.55 Å². The molecule has 1 aromatic heterocycles. The minimum Gasteiger partial charge on any atom is -0.394 e. The maximum Gasteiger partial charge on any atom is 0.395 e. The lowest BCUT2D eigenvalue weighted by Gasteiger charge is -2.05. The van der Waals surface area contributed by atoms with Crippen molar-refractivity contribution < 1.29 is 15.1 Å². The summed E-state index contributed by atoms with van der Waals surface area (Å²) < 4.78 is 1.51. The Morgan fingerprint density at radius 3 is 3.00 bits per heavy atom. The number of hydrogen-bond donors (Lipinski definition) is 2. The minimum absolute atomic E-state index is 0.191. The molecule has 0 saturated heterocycles. The number of nitro groups is 1. The van der Waals surface area contributed by atoms with Gasteiger partial charge in [0.2, 0.25) is 6.33 Å². The van der Waals surface area contributed by atoms with Gasteiger partial charge in [0, 0.05) is 12.8 Å². The summed E-state index contributed by atoms with van der Waals surface area (Å²) in [4.78, 5) is 13.6. The van der Waals surface area contributed by atoms with Gasteiger partial charge in [-0.25, -0.2) is 0 Å². The third-order valence-electron chi connectivity index (χ3n) is 1.66. The van der Waals surface area contributed by atoms with Crippen LogP contribution in [0, 0.1) is 10.1 Å². The number of nitrogens with zero attached hydrogens (tertiary/aromatic N) is 3. The molecule has 0 aromatic carbocycles. The quantitative estimate of drug-likeness (QED) is 0.414. The fourth-order valence-corrected chi connectivity index (χ4v) is 1.89. The van der Waals surface area contributed by atoms with Crippen molar-refractivity contribution in [3.05, 3.63) is 16.4 Å². The lowest BCUT2D eigenvalue weighted by molar-refractivity contribution is -0.392. The molecule has 84 valence electrons. The fourth-order valence-electron chi connectivity index (χ4n) is 0.926. The molecule has 1 rings (SSSR count). The predicted molar refractivity (Wildman–Crippen MR) is 53.7 cm³/mol. The van der Waals surface area contributed by atoms with Crippen LogP contribution < -0.4 is 0 Å². The second-order valence-corrected chi connectivity index (χ2v) is 3.90. The molecule has 0 saturated carbocycles. The average Bonchev–Trinajstić information content (AvgIpc) is 2.56. The molecule has 7 nitrogen and oxygen atoms in total. The van der Waals surface area contributed by atoms with Crippen molar-refractivity contribution >= 4 is 17.6 Å². The summed E-state index contributed by atoms with van der Waals surface area (Å²) in [6.07, 6.45) is 0.454. The second-order valence-electron chi connectivity index (χ2n) is 2.89. The van der Waals surface area contributed by atoms with Crippen molar-refractivity contribution in [3.8, 4) is 0 Å². The Hall–Kier alpha value is -1.12. The molecule has 0 amide bonds. The van der Waals surface area contributed by atoms with Crippen molar-refractivity contribution in [2.24, 2.45) is 7.05 Å². The predicted octanol–water partition coefficient (Wildman–Crippen LogP) is -0.226. The van der Waals surface area contributed by atoms with Crippen LogP contribution in [0.2, 0.25) is 0 Å². The monoisotopic (exact) mass is 233 g/mol. The van der Waals surface area contributed by atoms with Crippen LogP contribution in [-0.4, -0.2) is 43.2 Å². The molecule has 0 unspecified atom stereocenters. The van der Waals surface area contributed by atoms with Crippen LogP contribution in [0.4, 0.5) is 5.82 Å². The molecule has 0 aliphatic rings. The van der Waals surface area contributed by atoms with Gasteiger partial charge in [0.1, 0.15) is 0 Å². The zero-order chi connectivity index (χ0) is 11.4. The second kappa shape index (κ2) is 5.10. The first kappa shape index (κ1) is 12.0. The van der Waals surface area contributed by atoms with E-state index in [-0.39, 0.29) is 18.2 Å². The number of rotatable bonds is 5. The number of imidazole rings is 1. The normalized spacial score (nSPS) is 12.7. The number of aromatic nitrogens is 2. The highest BCUT2D eigenvalue weighted by Crippen LogP contribution is 2.27. The molecule has 0 aliphatic carbocycles. The molecular formula is C7H11N3O4S. The minimum atomic E-state index is -0.885. The van der Waals surface area contributed by atoms with Gasteiger partial charge in [-0.2, -0.15) is 0 Å². The summed E-state index contributed by atoms with van der Waals surface area (Å²) in [6, 6.07) is 0. The highest BCUT2D eigenvalue weighted by molar-refractivity contribution is 7.99. The van der Waals surface area contributed by atoms with E-state index < -0.39 is 11.0 Å². The first-order valence-corrected chi connectivity index (χ1v) is 5.12. The molecule has 1 atom stereocenters. The zero-order valence-corrected chi connectivity index (χ0v) is 8.85. The van der Waals surface area contributed by atoms with Crippen LogP contribution in [0.25, 0.3) is 0 Å². The van der Waals surface area contributed by atoms with Crippen molar-refractivity contribution in [2.75, 3.05) is 12.4 Å². The van der Waals surface area contributed by atoms with Crippen molar-refractivity contribution in [1.29, 1.82) is 0 Å². The van der Waals surface area contributed by atoms with E-state index in [9.17, 15) is 10.1 Å². The zero-order valence-electron chi connectivity index (χ0n) is 8.03. The lowest BCUT2D eigenvalue weighted by Crippen LogP contribution is -2.15. The van der Waals surface area contributed by atoms with E-state index in [1.807, 2.05) is 0 Å². The van der Waals surface area contributed by atoms with Gasteiger partial charge in [0.15, 0.2) is 5.03 Å². The molecule has 0 radical (unpaired) electrons. The third kappa shape index (κ3) is 2.91. The maximum atomic E-state index is 10.6. The first-order valence-electron chi connectivity index (χ1n) is 4.13. The highest BCUT2D eigenvalue weighted by atomic mass is 32.2. The maximum absolute atomic E-state index is 10.6. The third-order valence-corrected chi connectivity index (χ3v) is 2.96.